The summed E-state index contributed by atoms with van der Waals surface area (Å²) >= 11 is 1.63. The lowest BCUT2D eigenvalue weighted by molar-refractivity contribution is 0.120. The van der Waals surface area contributed by atoms with Crippen LogP contribution in [0.15, 0.2) is 0 Å². The first-order valence-corrected chi connectivity index (χ1v) is 5.88. The van der Waals surface area contributed by atoms with Crippen LogP contribution >= 0.6 is 11.3 Å². The maximum atomic E-state index is 5.50. The van der Waals surface area contributed by atoms with E-state index in [-0.39, 0.29) is 0 Å². The van der Waals surface area contributed by atoms with Crippen LogP contribution in [0.25, 0.3) is 0 Å². The van der Waals surface area contributed by atoms with Crippen LogP contribution in [0.4, 0.5) is 5.13 Å². The van der Waals surface area contributed by atoms with Crippen molar-refractivity contribution in [2.75, 3.05) is 18.5 Å². The number of nitrogens with zero attached hydrogens (tertiary/aromatic N) is 2. The predicted molar refractivity (Wildman–Crippen MR) is 56.8 cm³/mol. The quantitative estimate of drug-likeness (QED) is 0.827. The topological polar surface area (TPSA) is 47.0 Å². The Hall–Kier alpha value is -0.680. The number of nitrogens with one attached hydrogen (secondary N) is 1. The van der Waals surface area contributed by atoms with Gasteiger partial charge in [-0.2, -0.15) is 0 Å². The minimum Gasteiger partial charge on any atom is -0.376 e. The third-order valence-electron chi connectivity index (χ3n) is 2.27. The molecule has 5 heteroatoms. The summed E-state index contributed by atoms with van der Waals surface area (Å²) < 4.78 is 5.50. The third-order valence-corrected chi connectivity index (χ3v) is 3.30. The summed E-state index contributed by atoms with van der Waals surface area (Å²) in [5.41, 5.74) is 0. The van der Waals surface area contributed by atoms with Gasteiger partial charge in [-0.15, -0.1) is 10.2 Å². The van der Waals surface area contributed by atoms with E-state index in [1.54, 1.807) is 11.3 Å². The fourth-order valence-electron chi connectivity index (χ4n) is 1.47. The van der Waals surface area contributed by atoms with E-state index in [1.807, 2.05) is 0 Å². The van der Waals surface area contributed by atoms with Gasteiger partial charge in [-0.25, -0.2) is 0 Å². The molecule has 1 N–H and O–H groups in total. The number of anilines is 1. The molecule has 0 spiro atoms. The van der Waals surface area contributed by atoms with Gasteiger partial charge in [0.25, 0.3) is 0 Å². The van der Waals surface area contributed by atoms with Gasteiger partial charge < -0.3 is 10.1 Å². The summed E-state index contributed by atoms with van der Waals surface area (Å²) in [6, 6.07) is 0. The van der Waals surface area contributed by atoms with Gasteiger partial charge in [0.05, 0.1) is 6.10 Å². The smallest absolute Gasteiger partial charge is 0.205 e. The first-order chi connectivity index (χ1) is 6.88. The van der Waals surface area contributed by atoms with Crippen LogP contribution < -0.4 is 5.32 Å². The lowest BCUT2D eigenvalue weighted by Gasteiger charge is -2.08. The highest BCUT2D eigenvalue weighted by Crippen LogP contribution is 2.17. The van der Waals surface area contributed by atoms with Crippen molar-refractivity contribution in [2.45, 2.75) is 32.3 Å². The van der Waals surface area contributed by atoms with E-state index >= 15 is 0 Å². The molecule has 1 fully saturated rings. The van der Waals surface area contributed by atoms with Crippen molar-refractivity contribution in [3.8, 4) is 0 Å². The Balaban J connectivity index is 1.79. The zero-order valence-electron chi connectivity index (χ0n) is 8.32. The Kier molecular flexibility index (Phi) is 3.31. The first kappa shape index (κ1) is 9.86. The van der Waals surface area contributed by atoms with Crippen LogP contribution in [0.2, 0.25) is 0 Å². The fourth-order valence-corrected chi connectivity index (χ4v) is 2.16. The average molecular weight is 213 g/mol. The Morgan fingerprint density at radius 2 is 2.50 bits per heavy atom. The molecular formula is C9H15N3OS. The summed E-state index contributed by atoms with van der Waals surface area (Å²) in [7, 11) is 0. The zero-order chi connectivity index (χ0) is 9.80. The molecule has 0 aliphatic carbocycles. The molecule has 0 amide bonds. The van der Waals surface area contributed by atoms with Gasteiger partial charge in [0.15, 0.2) is 0 Å². The van der Waals surface area contributed by atoms with Gasteiger partial charge >= 0.3 is 0 Å². The lowest BCUT2D eigenvalue weighted by atomic mass is 10.2. The van der Waals surface area contributed by atoms with Crippen LogP contribution in [0, 0.1) is 0 Å². The van der Waals surface area contributed by atoms with E-state index in [4.69, 9.17) is 4.74 Å². The van der Waals surface area contributed by atoms with Crippen molar-refractivity contribution in [3.63, 3.8) is 0 Å². The number of rotatable bonds is 4. The van der Waals surface area contributed by atoms with Crippen molar-refractivity contribution in [1.29, 1.82) is 0 Å². The molecule has 0 saturated carbocycles. The van der Waals surface area contributed by atoms with Gasteiger partial charge in [-0.05, 0) is 19.3 Å². The van der Waals surface area contributed by atoms with Crippen molar-refractivity contribution in [3.05, 3.63) is 5.01 Å². The Morgan fingerprint density at radius 1 is 1.57 bits per heavy atom. The van der Waals surface area contributed by atoms with Crippen LogP contribution in [0.1, 0.15) is 24.8 Å². The highest BCUT2D eigenvalue weighted by Gasteiger charge is 2.15. The van der Waals surface area contributed by atoms with Gasteiger partial charge in [-0.1, -0.05) is 18.3 Å². The normalized spacial score (nSPS) is 21.4. The summed E-state index contributed by atoms with van der Waals surface area (Å²) in [5.74, 6) is 0. The average Bonchev–Trinajstić information content (AvgIpc) is 2.86. The molecule has 0 aromatic carbocycles. The maximum Gasteiger partial charge on any atom is 0.205 e. The van der Waals surface area contributed by atoms with Crippen molar-refractivity contribution in [2.24, 2.45) is 0 Å². The SMILES string of the molecule is CCc1nnc(NCC2CCCO2)s1. The molecule has 1 aliphatic heterocycles. The van der Waals surface area contributed by atoms with E-state index in [0.29, 0.717) is 6.10 Å². The third kappa shape index (κ3) is 2.42. The van der Waals surface area contributed by atoms with Crippen LogP contribution in [0.5, 0.6) is 0 Å². The molecular weight excluding hydrogens is 198 g/mol. The van der Waals surface area contributed by atoms with E-state index in [0.717, 1.165) is 36.1 Å². The van der Waals surface area contributed by atoms with E-state index in [9.17, 15) is 0 Å². The molecule has 1 atom stereocenters. The number of aryl methyl sites for hydroxylation is 1. The van der Waals surface area contributed by atoms with Gasteiger partial charge in [0.2, 0.25) is 5.13 Å². The second-order valence-corrected chi connectivity index (χ2v) is 4.43. The molecule has 2 rings (SSSR count). The molecule has 1 unspecified atom stereocenters. The molecule has 0 bridgehead atoms. The highest BCUT2D eigenvalue weighted by atomic mass is 32.1. The summed E-state index contributed by atoms with van der Waals surface area (Å²) in [5, 5.41) is 13.4. The van der Waals surface area contributed by atoms with Crippen molar-refractivity contribution in [1.82, 2.24) is 10.2 Å². The maximum absolute atomic E-state index is 5.50. The number of hydrogen-bond donors (Lipinski definition) is 1. The fraction of sp³-hybridized carbons (Fsp3) is 0.778. The number of ether oxygens (including phenoxy) is 1. The molecule has 1 aromatic rings. The second kappa shape index (κ2) is 4.70. The molecule has 1 aliphatic rings. The lowest BCUT2D eigenvalue weighted by Crippen LogP contribution is -2.18. The minimum atomic E-state index is 0.365. The van der Waals surface area contributed by atoms with Crippen LogP contribution in [0.3, 0.4) is 0 Å². The Bertz CT molecular complexity index is 283. The van der Waals surface area contributed by atoms with E-state index in [1.165, 1.54) is 6.42 Å². The highest BCUT2D eigenvalue weighted by molar-refractivity contribution is 7.15. The first-order valence-electron chi connectivity index (χ1n) is 5.06. The predicted octanol–water partition coefficient (Wildman–Crippen LogP) is 1.69. The van der Waals surface area contributed by atoms with E-state index < -0.39 is 0 Å². The minimum absolute atomic E-state index is 0.365. The van der Waals surface area contributed by atoms with Gasteiger partial charge in [0, 0.05) is 13.2 Å². The molecule has 1 aromatic heterocycles. The van der Waals surface area contributed by atoms with Crippen molar-refractivity contribution < 1.29 is 4.74 Å². The van der Waals surface area contributed by atoms with Crippen molar-refractivity contribution >= 4 is 16.5 Å². The molecule has 4 nitrogen and oxygen atoms in total. The molecule has 14 heavy (non-hydrogen) atoms. The molecule has 1 saturated heterocycles. The van der Waals surface area contributed by atoms with Crippen LogP contribution in [-0.4, -0.2) is 29.5 Å². The summed E-state index contributed by atoms with van der Waals surface area (Å²) in [6.07, 6.45) is 3.66. The Labute approximate surface area is 87.7 Å². The summed E-state index contributed by atoms with van der Waals surface area (Å²) in [4.78, 5) is 0. The molecule has 78 valence electrons. The largest absolute Gasteiger partial charge is 0.376 e. The monoisotopic (exact) mass is 213 g/mol. The molecule has 2 heterocycles. The zero-order valence-corrected chi connectivity index (χ0v) is 9.14. The van der Waals surface area contributed by atoms with Gasteiger partial charge in [0.1, 0.15) is 5.01 Å². The van der Waals surface area contributed by atoms with Crippen LogP contribution in [-0.2, 0) is 11.2 Å². The standard InChI is InChI=1S/C9H15N3OS/c1-2-8-11-12-9(14-8)10-6-7-4-3-5-13-7/h7H,2-6H2,1H3,(H,10,12). The van der Waals surface area contributed by atoms with E-state index in [2.05, 4.69) is 22.4 Å². The second-order valence-electron chi connectivity index (χ2n) is 3.37. The summed E-state index contributed by atoms with van der Waals surface area (Å²) in [6.45, 7) is 3.85. The molecule has 0 radical (unpaired) electrons. The number of aromatic nitrogens is 2. The Morgan fingerprint density at radius 3 is 3.14 bits per heavy atom. The van der Waals surface area contributed by atoms with Gasteiger partial charge in [-0.3, -0.25) is 0 Å². The number of hydrogen-bond acceptors (Lipinski definition) is 5.